The summed E-state index contributed by atoms with van der Waals surface area (Å²) in [6.45, 7) is 1.62. The van der Waals surface area contributed by atoms with E-state index in [0.29, 0.717) is 5.82 Å². The normalized spacial score (nSPS) is 11.6. The lowest BCUT2D eigenvalue weighted by atomic mass is 10.5. The molecule has 1 N–H and O–H groups in total. The molecule has 0 fully saturated rings. The quantitative estimate of drug-likeness (QED) is 0.754. The summed E-state index contributed by atoms with van der Waals surface area (Å²) in [5.41, 5.74) is 0. The maximum Gasteiger partial charge on any atom is 0.299 e. The Morgan fingerprint density at radius 1 is 1.44 bits per heavy atom. The van der Waals surface area contributed by atoms with Gasteiger partial charge in [0.15, 0.2) is 10.7 Å². The predicted octanol–water partition coefficient (Wildman–Crippen LogP) is 0.217. The summed E-state index contributed by atoms with van der Waals surface area (Å²) >= 11 is 0. The lowest BCUT2D eigenvalue weighted by Crippen LogP contribution is -2.09. The second kappa shape index (κ2) is 3.65. The molecule has 0 bridgehead atoms. The molecule has 84 valence electrons. The lowest BCUT2D eigenvalue weighted by molar-refractivity contribution is 0.481. The van der Waals surface area contributed by atoms with E-state index < -0.39 is 10.1 Å². The molecule has 0 spiro atoms. The fourth-order valence-corrected chi connectivity index (χ4v) is 1.77. The molecule has 0 aliphatic heterocycles. The molecule has 0 unspecified atom stereocenters. The first-order valence-corrected chi connectivity index (χ1v) is 5.72. The summed E-state index contributed by atoms with van der Waals surface area (Å²) in [5.74, 6) is 0.476. The second-order valence-corrected chi connectivity index (χ2v) is 4.44. The van der Waals surface area contributed by atoms with E-state index in [2.05, 4.69) is 15.0 Å². The smallest absolute Gasteiger partial charge is 0.289 e. The van der Waals surface area contributed by atoms with Crippen LogP contribution in [0.4, 0.5) is 0 Å². The number of imidazole rings is 1. The summed E-state index contributed by atoms with van der Waals surface area (Å²) < 4.78 is 32.6. The van der Waals surface area contributed by atoms with Gasteiger partial charge in [-0.05, 0) is 6.92 Å². The van der Waals surface area contributed by atoms with E-state index in [9.17, 15) is 8.42 Å². The van der Waals surface area contributed by atoms with Crippen molar-refractivity contribution in [1.82, 2.24) is 19.5 Å². The minimum atomic E-state index is -4.35. The fourth-order valence-electron chi connectivity index (χ4n) is 1.20. The highest BCUT2D eigenvalue weighted by atomic mass is 32.2. The van der Waals surface area contributed by atoms with E-state index in [0.717, 1.165) is 6.20 Å². The first-order chi connectivity index (χ1) is 7.48. The largest absolute Gasteiger partial charge is 0.299 e. The Bertz CT molecular complexity index is 606. The first-order valence-electron chi connectivity index (χ1n) is 4.28. The van der Waals surface area contributed by atoms with Crippen LogP contribution in [0.1, 0.15) is 5.82 Å². The molecule has 16 heavy (non-hydrogen) atoms. The second-order valence-electron chi connectivity index (χ2n) is 3.05. The number of hydrogen-bond donors (Lipinski definition) is 1. The summed E-state index contributed by atoms with van der Waals surface area (Å²) in [6.07, 6.45) is 5.45. The molecule has 7 nitrogen and oxygen atoms in total. The van der Waals surface area contributed by atoms with E-state index in [4.69, 9.17) is 4.55 Å². The summed E-state index contributed by atoms with van der Waals surface area (Å²) in [4.78, 5) is 11.1. The van der Waals surface area contributed by atoms with Gasteiger partial charge >= 0.3 is 0 Å². The van der Waals surface area contributed by atoms with Crippen LogP contribution in [-0.2, 0) is 10.1 Å². The van der Waals surface area contributed by atoms with Crippen molar-refractivity contribution in [1.29, 1.82) is 0 Å². The van der Waals surface area contributed by atoms with Crippen molar-refractivity contribution in [2.45, 2.75) is 11.8 Å². The van der Waals surface area contributed by atoms with E-state index in [1.54, 1.807) is 6.92 Å². The van der Waals surface area contributed by atoms with E-state index >= 15 is 0 Å². The van der Waals surface area contributed by atoms with Crippen molar-refractivity contribution in [2.75, 3.05) is 0 Å². The summed E-state index contributed by atoms with van der Waals surface area (Å²) in [5, 5.41) is 0. The predicted molar refractivity (Wildman–Crippen MR) is 53.7 cm³/mol. The average molecular weight is 240 g/mol. The van der Waals surface area contributed by atoms with Crippen LogP contribution in [0.15, 0.2) is 29.8 Å². The van der Waals surface area contributed by atoms with Crippen molar-refractivity contribution in [2.24, 2.45) is 0 Å². The zero-order chi connectivity index (χ0) is 11.8. The van der Waals surface area contributed by atoms with Gasteiger partial charge in [-0.25, -0.2) is 15.0 Å². The monoisotopic (exact) mass is 240 g/mol. The number of aromatic nitrogens is 4. The molecule has 0 aromatic carbocycles. The Balaban J connectivity index is 2.73. The highest BCUT2D eigenvalue weighted by molar-refractivity contribution is 7.86. The van der Waals surface area contributed by atoms with Crippen molar-refractivity contribution in [3.63, 3.8) is 0 Å². The highest BCUT2D eigenvalue weighted by Crippen LogP contribution is 2.16. The first kappa shape index (κ1) is 10.7. The minimum absolute atomic E-state index is 0.0764. The van der Waals surface area contributed by atoms with Gasteiger partial charge in [0.1, 0.15) is 12.2 Å². The van der Waals surface area contributed by atoms with Crippen LogP contribution in [0.3, 0.4) is 0 Å². The Hall–Kier alpha value is -1.80. The molecule has 0 saturated carbocycles. The summed E-state index contributed by atoms with van der Waals surface area (Å²) in [7, 11) is -4.35. The zero-order valence-electron chi connectivity index (χ0n) is 8.27. The molecule has 0 atom stereocenters. The molecule has 2 heterocycles. The van der Waals surface area contributed by atoms with Crippen molar-refractivity contribution < 1.29 is 13.0 Å². The maximum absolute atomic E-state index is 11.1. The van der Waals surface area contributed by atoms with Crippen molar-refractivity contribution in [3.05, 3.63) is 30.7 Å². The molecule has 2 rings (SSSR count). The third kappa shape index (κ3) is 1.92. The highest BCUT2D eigenvalue weighted by Gasteiger charge is 2.18. The van der Waals surface area contributed by atoms with Gasteiger partial charge in [-0.15, -0.1) is 0 Å². The molecule has 0 radical (unpaired) electrons. The number of rotatable bonds is 2. The van der Waals surface area contributed by atoms with E-state index in [1.165, 1.54) is 23.3 Å². The third-order valence-electron chi connectivity index (χ3n) is 1.88. The molecular weight excluding hydrogens is 232 g/mol. The van der Waals surface area contributed by atoms with E-state index in [-0.39, 0.29) is 10.7 Å². The topological polar surface area (TPSA) is 98.0 Å². The van der Waals surface area contributed by atoms with Gasteiger partial charge in [0, 0.05) is 12.4 Å². The Labute approximate surface area is 91.6 Å². The standard InChI is InChI=1S/C8H8N4O3S/c1-6-10-4-7(16(13,14)15)8(11-6)12-3-2-9-5-12/h2-5H,1H3,(H,13,14,15). The molecule has 0 amide bonds. The van der Waals surface area contributed by atoms with Gasteiger partial charge in [0.2, 0.25) is 0 Å². The Morgan fingerprint density at radius 3 is 2.75 bits per heavy atom. The van der Waals surface area contributed by atoms with Crippen LogP contribution in [-0.4, -0.2) is 32.5 Å². The summed E-state index contributed by atoms with van der Waals surface area (Å²) in [6, 6.07) is 0. The van der Waals surface area contributed by atoms with Crippen molar-refractivity contribution >= 4 is 10.1 Å². The lowest BCUT2D eigenvalue weighted by Gasteiger charge is -2.06. The Kier molecular flexibility index (Phi) is 2.44. The van der Waals surface area contributed by atoms with Gasteiger partial charge in [0.05, 0.1) is 6.20 Å². The van der Waals surface area contributed by atoms with Gasteiger partial charge in [-0.2, -0.15) is 8.42 Å². The number of aryl methyl sites for hydroxylation is 1. The van der Waals surface area contributed by atoms with Crippen LogP contribution in [0.5, 0.6) is 0 Å². The molecule has 0 aliphatic carbocycles. The zero-order valence-corrected chi connectivity index (χ0v) is 9.09. The molecule has 2 aromatic heterocycles. The van der Waals surface area contributed by atoms with Gasteiger partial charge in [0.25, 0.3) is 10.1 Å². The van der Waals surface area contributed by atoms with Crippen molar-refractivity contribution in [3.8, 4) is 5.82 Å². The molecule has 8 heteroatoms. The number of hydrogen-bond acceptors (Lipinski definition) is 5. The molecular formula is C8H8N4O3S. The molecule has 0 saturated heterocycles. The van der Waals surface area contributed by atoms with Crippen LogP contribution in [0.25, 0.3) is 5.82 Å². The van der Waals surface area contributed by atoms with Crippen LogP contribution in [0.2, 0.25) is 0 Å². The van der Waals surface area contributed by atoms with Crippen LogP contribution >= 0.6 is 0 Å². The van der Waals surface area contributed by atoms with E-state index in [1.807, 2.05) is 0 Å². The average Bonchev–Trinajstić information content (AvgIpc) is 2.68. The molecule has 2 aromatic rings. The van der Waals surface area contributed by atoms with Gasteiger partial charge < -0.3 is 0 Å². The van der Waals surface area contributed by atoms with Gasteiger partial charge in [-0.3, -0.25) is 9.12 Å². The fraction of sp³-hybridized carbons (Fsp3) is 0.125. The maximum atomic E-state index is 11.1. The number of nitrogens with zero attached hydrogens (tertiary/aromatic N) is 4. The SMILES string of the molecule is Cc1ncc(S(=O)(=O)O)c(-n2ccnc2)n1. The van der Waals surface area contributed by atoms with Gasteiger partial charge in [-0.1, -0.05) is 0 Å². The minimum Gasteiger partial charge on any atom is -0.289 e. The van der Waals surface area contributed by atoms with Crippen LogP contribution in [0, 0.1) is 6.92 Å². The van der Waals surface area contributed by atoms with Crippen LogP contribution < -0.4 is 0 Å². The molecule has 0 aliphatic rings. The third-order valence-corrected chi connectivity index (χ3v) is 2.73. The Morgan fingerprint density at radius 2 is 2.19 bits per heavy atom.